The number of nitrogens with two attached hydrogens (primary N) is 1. The molecule has 0 spiro atoms. The highest BCUT2D eigenvalue weighted by Crippen LogP contribution is 2.30. The highest BCUT2D eigenvalue weighted by atomic mass is 32.2. The highest BCUT2D eigenvalue weighted by molar-refractivity contribution is 7.92. The fraction of sp³-hybridized carbons (Fsp3) is 0.167. The van der Waals surface area contributed by atoms with E-state index in [4.69, 9.17) is 5.73 Å². The Balaban J connectivity index is 1.50. The summed E-state index contributed by atoms with van der Waals surface area (Å²) in [5.41, 5.74) is 6.71. The summed E-state index contributed by atoms with van der Waals surface area (Å²) in [5, 5.41) is 0. The lowest BCUT2D eigenvalue weighted by Gasteiger charge is -2.23. The van der Waals surface area contributed by atoms with E-state index in [1.165, 1.54) is 42.5 Å². The summed E-state index contributed by atoms with van der Waals surface area (Å²) in [5.74, 6) is -1.42. The van der Waals surface area contributed by atoms with Crippen molar-refractivity contribution in [2.24, 2.45) is 5.73 Å². The topological polar surface area (TPSA) is 110 Å². The number of carbonyl (C=O) groups excluding carboxylic acids is 2. The van der Waals surface area contributed by atoms with Crippen molar-refractivity contribution in [1.29, 1.82) is 0 Å². The van der Waals surface area contributed by atoms with E-state index < -0.39 is 21.7 Å². The van der Waals surface area contributed by atoms with Gasteiger partial charge in [0.2, 0.25) is 5.91 Å². The number of amides is 2. The van der Waals surface area contributed by atoms with Gasteiger partial charge in [0.15, 0.2) is 0 Å². The van der Waals surface area contributed by atoms with E-state index in [1.807, 2.05) is 0 Å². The lowest BCUT2D eigenvalue weighted by atomic mass is 10.1. The first-order valence-corrected chi connectivity index (χ1v) is 11.8. The molecule has 0 aromatic heterocycles. The molecule has 2 amide bonds. The van der Waals surface area contributed by atoms with Gasteiger partial charge >= 0.3 is 0 Å². The van der Waals surface area contributed by atoms with Gasteiger partial charge in [0.05, 0.1) is 10.6 Å². The van der Waals surface area contributed by atoms with Crippen molar-refractivity contribution in [3.05, 3.63) is 95.3 Å². The number of carbonyl (C=O) groups is 2. The van der Waals surface area contributed by atoms with Crippen LogP contribution in [0, 0.1) is 5.82 Å². The SMILES string of the molecule is NC(=O)c1ccc(CN(C(=O)c2ccc(S(=O)(=O)Nc3ccccc3F)cc2)C2CC2)cc1. The second-order valence-corrected chi connectivity index (χ2v) is 9.52. The lowest BCUT2D eigenvalue weighted by molar-refractivity contribution is 0.0729. The van der Waals surface area contributed by atoms with Crippen molar-refractivity contribution in [1.82, 2.24) is 4.90 Å². The highest BCUT2D eigenvalue weighted by Gasteiger charge is 2.33. The molecule has 0 aliphatic heterocycles. The zero-order valence-electron chi connectivity index (χ0n) is 17.6. The molecule has 3 aromatic carbocycles. The number of hydrogen-bond acceptors (Lipinski definition) is 4. The van der Waals surface area contributed by atoms with Gasteiger partial charge in [-0.15, -0.1) is 0 Å². The Morgan fingerprint density at radius 2 is 1.55 bits per heavy atom. The molecule has 1 aliphatic carbocycles. The molecule has 1 aliphatic rings. The Morgan fingerprint density at radius 1 is 0.939 bits per heavy atom. The molecule has 0 saturated heterocycles. The van der Waals surface area contributed by atoms with Crippen molar-refractivity contribution >= 4 is 27.5 Å². The minimum atomic E-state index is -4.01. The zero-order valence-corrected chi connectivity index (χ0v) is 18.4. The van der Waals surface area contributed by atoms with Crippen LogP contribution in [0.4, 0.5) is 10.1 Å². The molecule has 1 fully saturated rings. The van der Waals surface area contributed by atoms with Gasteiger partial charge < -0.3 is 10.6 Å². The molecule has 0 atom stereocenters. The minimum Gasteiger partial charge on any atom is -0.366 e. The predicted octanol–water partition coefficient (Wildman–Crippen LogP) is 3.53. The molecule has 0 heterocycles. The molecule has 9 heteroatoms. The monoisotopic (exact) mass is 467 g/mol. The molecule has 4 rings (SSSR count). The van der Waals surface area contributed by atoms with Crippen LogP contribution in [-0.2, 0) is 16.6 Å². The van der Waals surface area contributed by atoms with E-state index in [0.717, 1.165) is 24.5 Å². The number of hydrogen-bond donors (Lipinski definition) is 2. The summed E-state index contributed by atoms with van der Waals surface area (Å²) in [6.07, 6.45) is 1.79. The van der Waals surface area contributed by atoms with Crippen molar-refractivity contribution in [3.63, 3.8) is 0 Å². The molecular formula is C24H22FN3O4S. The van der Waals surface area contributed by atoms with Crippen LogP contribution >= 0.6 is 0 Å². The van der Waals surface area contributed by atoms with Gasteiger partial charge in [-0.3, -0.25) is 14.3 Å². The van der Waals surface area contributed by atoms with Crippen LogP contribution in [0.2, 0.25) is 0 Å². The predicted molar refractivity (Wildman–Crippen MR) is 122 cm³/mol. The smallest absolute Gasteiger partial charge is 0.261 e. The molecule has 33 heavy (non-hydrogen) atoms. The number of primary amides is 1. The Labute approximate surface area is 191 Å². The summed E-state index contributed by atoms with van der Waals surface area (Å²) < 4.78 is 41.2. The molecular weight excluding hydrogens is 445 g/mol. The van der Waals surface area contributed by atoms with Crippen LogP contribution in [-0.4, -0.2) is 31.2 Å². The largest absolute Gasteiger partial charge is 0.366 e. The van der Waals surface area contributed by atoms with E-state index in [0.29, 0.717) is 17.7 Å². The molecule has 0 unspecified atom stereocenters. The van der Waals surface area contributed by atoms with E-state index in [1.54, 1.807) is 29.2 Å². The first-order valence-electron chi connectivity index (χ1n) is 10.3. The number of sulfonamides is 1. The average Bonchev–Trinajstić information content (AvgIpc) is 3.64. The zero-order chi connectivity index (χ0) is 23.6. The van der Waals surface area contributed by atoms with Gasteiger partial charge in [-0.1, -0.05) is 24.3 Å². The van der Waals surface area contributed by atoms with Gasteiger partial charge in [-0.25, -0.2) is 12.8 Å². The van der Waals surface area contributed by atoms with E-state index in [2.05, 4.69) is 4.72 Å². The Hall–Kier alpha value is -3.72. The average molecular weight is 468 g/mol. The summed E-state index contributed by atoms with van der Waals surface area (Å²) in [7, 11) is -4.01. The van der Waals surface area contributed by atoms with Crippen molar-refractivity contribution in [2.45, 2.75) is 30.3 Å². The summed E-state index contributed by atoms with van der Waals surface area (Å²) in [6, 6.07) is 17.9. The summed E-state index contributed by atoms with van der Waals surface area (Å²) >= 11 is 0. The fourth-order valence-corrected chi connectivity index (χ4v) is 4.48. The number of benzene rings is 3. The summed E-state index contributed by atoms with van der Waals surface area (Å²) in [6.45, 7) is 0.359. The van der Waals surface area contributed by atoms with Crippen LogP contribution in [0.25, 0.3) is 0 Å². The van der Waals surface area contributed by atoms with Crippen LogP contribution in [0.3, 0.4) is 0 Å². The normalized spacial score (nSPS) is 13.4. The van der Waals surface area contributed by atoms with Gasteiger partial charge in [-0.05, 0) is 66.9 Å². The Bertz CT molecular complexity index is 1290. The third kappa shape index (κ3) is 5.20. The lowest BCUT2D eigenvalue weighted by Crippen LogP contribution is -2.32. The number of nitrogens with zero attached hydrogens (tertiary/aromatic N) is 1. The quantitative estimate of drug-likeness (QED) is 0.528. The van der Waals surface area contributed by atoms with Crippen LogP contribution in [0.5, 0.6) is 0 Å². The number of halogens is 1. The molecule has 1 saturated carbocycles. The van der Waals surface area contributed by atoms with Gasteiger partial charge in [0.25, 0.3) is 15.9 Å². The number of para-hydroxylation sites is 1. The fourth-order valence-electron chi connectivity index (χ4n) is 3.41. The molecule has 7 nitrogen and oxygen atoms in total. The molecule has 0 radical (unpaired) electrons. The first-order chi connectivity index (χ1) is 15.7. The number of anilines is 1. The number of nitrogens with one attached hydrogen (secondary N) is 1. The van der Waals surface area contributed by atoms with Gasteiger partial charge in [-0.2, -0.15) is 0 Å². The molecule has 170 valence electrons. The molecule has 0 bridgehead atoms. The Kier molecular flexibility index (Phi) is 6.15. The van der Waals surface area contributed by atoms with E-state index in [9.17, 15) is 22.4 Å². The van der Waals surface area contributed by atoms with Crippen molar-refractivity contribution in [3.8, 4) is 0 Å². The van der Waals surface area contributed by atoms with Crippen molar-refractivity contribution in [2.75, 3.05) is 4.72 Å². The van der Waals surface area contributed by atoms with Crippen LogP contribution < -0.4 is 10.5 Å². The maximum atomic E-state index is 13.8. The Morgan fingerprint density at radius 3 is 2.12 bits per heavy atom. The second-order valence-electron chi connectivity index (χ2n) is 7.84. The van der Waals surface area contributed by atoms with Crippen LogP contribution in [0.15, 0.2) is 77.7 Å². The standard InChI is InChI=1S/C24H22FN3O4S/c25-21-3-1-2-4-22(21)27-33(31,32)20-13-9-18(10-14-20)24(30)28(19-11-12-19)15-16-5-7-17(8-6-16)23(26)29/h1-10,13-14,19,27H,11-12,15H2,(H2,26,29). The second kappa shape index (κ2) is 9.03. The van der Waals surface area contributed by atoms with Gasteiger partial charge in [0, 0.05) is 23.7 Å². The maximum absolute atomic E-state index is 13.8. The third-order valence-electron chi connectivity index (χ3n) is 5.37. The van der Waals surface area contributed by atoms with Crippen molar-refractivity contribution < 1.29 is 22.4 Å². The van der Waals surface area contributed by atoms with Crippen LogP contribution in [0.1, 0.15) is 39.1 Å². The first kappa shape index (κ1) is 22.5. The third-order valence-corrected chi connectivity index (χ3v) is 6.75. The molecule has 3 aromatic rings. The van der Waals surface area contributed by atoms with Gasteiger partial charge in [0.1, 0.15) is 5.82 Å². The molecule has 3 N–H and O–H groups in total. The summed E-state index contributed by atoms with van der Waals surface area (Å²) in [4.78, 5) is 26.0. The minimum absolute atomic E-state index is 0.0812. The number of rotatable bonds is 8. The van der Waals surface area contributed by atoms with E-state index >= 15 is 0 Å². The van der Waals surface area contributed by atoms with E-state index in [-0.39, 0.29) is 22.5 Å². The maximum Gasteiger partial charge on any atom is 0.261 e.